The van der Waals surface area contributed by atoms with Crippen LogP contribution in [0.2, 0.25) is 0 Å². The molecule has 0 saturated heterocycles. The van der Waals surface area contributed by atoms with Gasteiger partial charge in [0.1, 0.15) is 37.9 Å². The van der Waals surface area contributed by atoms with Crippen LogP contribution in [0.3, 0.4) is 0 Å². The lowest BCUT2D eigenvalue weighted by atomic mass is 10.1. The van der Waals surface area contributed by atoms with Gasteiger partial charge in [-0.3, -0.25) is 9.97 Å². The molecule has 0 atom stereocenters. The average molecular weight is 269 g/mol. The van der Waals surface area contributed by atoms with E-state index in [1.807, 2.05) is 44.5 Å². The van der Waals surface area contributed by atoms with Gasteiger partial charge in [-0.25, -0.2) is 9.13 Å². The summed E-state index contributed by atoms with van der Waals surface area (Å²) in [4.78, 5) is 6.14. The van der Waals surface area contributed by atoms with Crippen molar-refractivity contribution in [3.63, 3.8) is 0 Å². The maximum atomic E-state index is 3.23. The van der Waals surface area contributed by atoms with E-state index in [0.29, 0.717) is 0 Å². The fourth-order valence-electron chi connectivity index (χ4n) is 2.35. The van der Waals surface area contributed by atoms with Crippen molar-refractivity contribution in [3.8, 4) is 0 Å². The third-order valence-corrected chi connectivity index (χ3v) is 3.28. The summed E-state index contributed by atoms with van der Waals surface area (Å²) < 4.78 is 4.25. The largest absolute Gasteiger partial charge is 0.388 e. The summed E-state index contributed by atoms with van der Waals surface area (Å²) in [5.41, 5.74) is 3.71. The van der Waals surface area contributed by atoms with Crippen molar-refractivity contribution < 1.29 is 9.13 Å². The maximum absolute atomic E-state index is 3.23. The minimum Gasteiger partial charge on any atom is -0.388 e. The van der Waals surface area contributed by atoms with E-state index < -0.39 is 0 Å². The van der Waals surface area contributed by atoms with Crippen molar-refractivity contribution in [2.45, 2.75) is 13.1 Å². The van der Waals surface area contributed by atoms with Crippen LogP contribution in [0.1, 0.15) is 11.1 Å². The predicted octanol–water partition coefficient (Wildman–Crippen LogP) is 1.06. The normalized spacial score (nSPS) is 10.7. The van der Waals surface area contributed by atoms with Gasteiger partial charge >= 0.3 is 0 Å². The van der Waals surface area contributed by atoms with Crippen LogP contribution < -0.4 is 14.5 Å². The Balaban J connectivity index is 1.86. The molecule has 3 rings (SSSR count). The van der Waals surface area contributed by atoms with Crippen LogP contribution in [0.25, 0.3) is 0 Å². The number of hydrogen-bond acceptors (Lipinski definition) is 1. The van der Waals surface area contributed by atoms with E-state index in [1.165, 1.54) is 11.1 Å². The van der Waals surface area contributed by atoms with Gasteiger partial charge in [-0.15, -0.1) is 0 Å². The van der Waals surface area contributed by atoms with Gasteiger partial charge in [0.15, 0.2) is 0 Å². The summed E-state index contributed by atoms with van der Waals surface area (Å²) in [6.45, 7) is 1.73. The minimum absolute atomic E-state index is 0.865. The number of benzene rings is 1. The number of nitrogens with zero attached hydrogens (tertiary/aromatic N) is 2. The topological polar surface area (TPSA) is 51.4 Å². The summed E-state index contributed by atoms with van der Waals surface area (Å²) in [6, 6.07) is 6.62. The Morgan fingerprint density at radius 1 is 0.900 bits per heavy atom. The molecule has 2 aromatic heterocycles. The molecule has 0 unspecified atom stereocenters. The van der Waals surface area contributed by atoms with Crippen LogP contribution in [0, 0.1) is 0 Å². The number of rotatable bonds is 5. The summed E-state index contributed by atoms with van der Waals surface area (Å²) in [5, 5.41) is 3.23. The first kappa shape index (κ1) is 12.5. The molecule has 3 N–H and O–H groups in total. The van der Waals surface area contributed by atoms with Gasteiger partial charge < -0.3 is 5.32 Å². The highest BCUT2D eigenvalue weighted by molar-refractivity contribution is 5.48. The Bertz CT molecular complexity index is 601. The molecular formula is C15H19N5+2. The molecule has 5 nitrogen and oxygen atoms in total. The smallest absolute Gasteiger partial charge is 0.241 e. The summed E-state index contributed by atoms with van der Waals surface area (Å²) in [5.74, 6) is 0. The van der Waals surface area contributed by atoms with E-state index in [9.17, 15) is 0 Å². The summed E-state index contributed by atoms with van der Waals surface area (Å²) in [7, 11) is 1.95. The Labute approximate surface area is 117 Å². The SMILES string of the molecule is CNc1cc(C[n+]2cc[nH]c2)cc(C[n+]2cc[nH]c2)c1. The second-order valence-corrected chi connectivity index (χ2v) is 4.86. The van der Waals surface area contributed by atoms with Gasteiger partial charge in [-0.05, 0) is 29.3 Å². The first-order chi connectivity index (χ1) is 9.83. The molecule has 0 aliphatic rings. The zero-order chi connectivity index (χ0) is 13.8. The lowest BCUT2D eigenvalue weighted by molar-refractivity contribution is -0.688. The number of aromatic amines is 2. The lowest BCUT2D eigenvalue weighted by Gasteiger charge is -2.07. The first-order valence-electron chi connectivity index (χ1n) is 6.68. The van der Waals surface area contributed by atoms with Crippen molar-refractivity contribution in [2.24, 2.45) is 0 Å². The van der Waals surface area contributed by atoms with E-state index in [0.717, 1.165) is 18.8 Å². The second kappa shape index (κ2) is 5.61. The molecular weight excluding hydrogens is 250 g/mol. The predicted molar refractivity (Wildman–Crippen MR) is 76.2 cm³/mol. The van der Waals surface area contributed by atoms with Crippen LogP contribution in [0.5, 0.6) is 0 Å². The molecule has 20 heavy (non-hydrogen) atoms. The maximum Gasteiger partial charge on any atom is 0.241 e. The van der Waals surface area contributed by atoms with Gasteiger partial charge in [-0.2, -0.15) is 0 Å². The number of imidazole rings is 2. The van der Waals surface area contributed by atoms with E-state index in [2.05, 4.69) is 42.6 Å². The number of hydrogen-bond donors (Lipinski definition) is 3. The molecule has 5 heteroatoms. The molecule has 0 bridgehead atoms. The van der Waals surface area contributed by atoms with Gasteiger partial charge in [-0.1, -0.05) is 0 Å². The first-order valence-corrected chi connectivity index (χ1v) is 6.68. The molecule has 3 aromatic rings. The lowest BCUT2D eigenvalue weighted by Crippen LogP contribution is -2.32. The van der Waals surface area contributed by atoms with Crippen molar-refractivity contribution in [1.82, 2.24) is 9.97 Å². The van der Waals surface area contributed by atoms with E-state index in [-0.39, 0.29) is 0 Å². The standard InChI is InChI=1S/C15H17N5/c1-16-15-7-13(9-19-4-2-17-11-19)6-14(8-15)10-20-5-3-18-12-20/h2-8,11-12,16H,9-10H2,1H3/p+2. The molecule has 0 radical (unpaired) electrons. The molecule has 0 aliphatic carbocycles. The third-order valence-electron chi connectivity index (χ3n) is 3.28. The fourth-order valence-corrected chi connectivity index (χ4v) is 2.35. The van der Waals surface area contributed by atoms with Crippen LogP contribution in [0.15, 0.2) is 55.6 Å². The molecule has 0 fully saturated rings. The van der Waals surface area contributed by atoms with Crippen molar-refractivity contribution in [2.75, 3.05) is 12.4 Å². The molecule has 0 saturated carbocycles. The Kier molecular flexibility index (Phi) is 3.50. The minimum atomic E-state index is 0.865. The molecule has 0 amide bonds. The number of nitrogens with one attached hydrogen (secondary N) is 3. The van der Waals surface area contributed by atoms with Crippen LogP contribution in [-0.2, 0) is 13.1 Å². The second-order valence-electron chi connectivity index (χ2n) is 4.86. The van der Waals surface area contributed by atoms with E-state index >= 15 is 0 Å². The van der Waals surface area contributed by atoms with E-state index in [4.69, 9.17) is 0 Å². The Morgan fingerprint density at radius 2 is 1.45 bits per heavy atom. The summed E-state index contributed by atoms with van der Waals surface area (Å²) in [6.07, 6.45) is 11.9. The molecule has 0 aliphatic heterocycles. The fraction of sp³-hybridized carbons (Fsp3) is 0.200. The van der Waals surface area contributed by atoms with E-state index in [1.54, 1.807) is 0 Å². The average Bonchev–Trinajstić information content (AvgIpc) is 3.12. The third kappa shape index (κ3) is 2.88. The van der Waals surface area contributed by atoms with Crippen molar-refractivity contribution in [3.05, 3.63) is 66.8 Å². The highest BCUT2D eigenvalue weighted by Gasteiger charge is 2.06. The number of H-pyrrole nitrogens is 2. The Morgan fingerprint density at radius 3 is 1.85 bits per heavy atom. The molecule has 0 spiro atoms. The zero-order valence-corrected chi connectivity index (χ0v) is 11.5. The van der Waals surface area contributed by atoms with Crippen molar-refractivity contribution in [1.29, 1.82) is 0 Å². The van der Waals surface area contributed by atoms with Gasteiger partial charge in [0, 0.05) is 12.7 Å². The molecule has 1 aromatic carbocycles. The highest BCUT2D eigenvalue weighted by Crippen LogP contribution is 2.14. The van der Waals surface area contributed by atoms with Crippen LogP contribution in [0.4, 0.5) is 5.69 Å². The molecule has 102 valence electrons. The quantitative estimate of drug-likeness (QED) is 0.596. The van der Waals surface area contributed by atoms with Gasteiger partial charge in [0.2, 0.25) is 12.7 Å². The summed E-state index contributed by atoms with van der Waals surface area (Å²) >= 11 is 0. The monoisotopic (exact) mass is 269 g/mol. The Hall–Kier alpha value is -2.56. The van der Waals surface area contributed by atoms with Crippen LogP contribution >= 0.6 is 0 Å². The van der Waals surface area contributed by atoms with Crippen LogP contribution in [-0.4, -0.2) is 17.0 Å². The van der Waals surface area contributed by atoms with Gasteiger partial charge in [0.05, 0.1) is 0 Å². The zero-order valence-electron chi connectivity index (χ0n) is 11.5. The number of anilines is 1. The molecule has 2 heterocycles. The number of aromatic nitrogens is 4. The highest BCUT2D eigenvalue weighted by atomic mass is 15.0. The van der Waals surface area contributed by atoms with Crippen molar-refractivity contribution >= 4 is 5.69 Å². The van der Waals surface area contributed by atoms with Gasteiger partial charge in [0.25, 0.3) is 0 Å².